The highest BCUT2D eigenvalue weighted by Crippen LogP contribution is 2.30. The summed E-state index contributed by atoms with van der Waals surface area (Å²) in [5.41, 5.74) is 13.4. The lowest BCUT2D eigenvalue weighted by molar-refractivity contribution is -0.120. The van der Waals surface area contributed by atoms with Crippen LogP contribution < -0.4 is 16.9 Å². The van der Waals surface area contributed by atoms with Gasteiger partial charge in [-0.1, -0.05) is 139 Å². The zero-order chi connectivity index (χ0) is 39.1. The second kappa shape index (κ2) is 20.3. The Labute approximate surface area is 340 Å². The first-order valence-corrected chi connectivity index (χ1v) is 20.5. The lowest BCUT2D eigenvalue weighted by Gasteiger charge is -2.17. The van der Waals surface area contributed by atoms with Crippen molar-refractivity contribution in [3.05, 3.63) is 131 Å². The van der Waals surface area contributed by atoms with E-state index in [1.54, 1.807) is 5.01 Å². The van der Waals surface area contributed by atoms with Crippen LogP contribution in [0.25, 0.3) is 45.0 Å². The third kappa shape index (κ3) is 10.7. The fourth-order valence-corrected chi connectivity index (χ4v) is 7.53. The molecule has 1 fully saturated rings. The van der Waals surface area contributed by atoms with E-state index in [4.69, 9.17) is 11.6 Å². The number of nitrogens with zero attached hydrogens (tertiary/aromatic N) is 9. The van der Waals surface area contributed by atoms with Crippen molar-refractivity contribution in [3.63, 3.8) is 0 Å². The van der Waals surface area contributed by atoms with Crippen molar-refractivity contribution in [1.82, 2.24) is 43.4 Å². The van der Waals surface area contributed by atoms with Gasteiger partial charge in [0.1, 0.15) is 38.8 Å². The Morgan fingerprint density at radius 2 is 0.982 bits per heavy atom. The van der Waals surface area contributed by atoms with Gasteiger partial charge in [0.2, 0.25) is 5.91 Å². The molecule has 0 radical (unpaired) electrons. The summed E-state index contributed by atoms with van der Waals surface area (Å²) >= 11 is 5.27. The molecule has 1 saturated heterocycles. The number of nitrogens with two attached hydrogens (primary N) is 2. The van der Waals surface area contributed by atoms with Gasteiger partial charge in [-0.15, -0.1) is 20.4 Å². The molecule has 0 unspecified atom stereocenters. The molecule has 5 N–H and O–H groups in total. The largest absolute Gasteiger partial charge is 0.387 e. The Hall–Kier alpha value is -5.69. The van der Waals surface area contributed by atoms with Crippen molar-refractivity contribution >= 4 is 62.0 Å². The molecule has 1 amide bonds. The fraction of sp³-hybridized carbons (Fsp3) is 0.154. The van der Waals surface area contributed by atoms with Crippen molar-refractivity contribution in [3.8, 4) is 45.0 Å². The van der Waals surface area contributed by atoms with E-state index in [1.165, 1.54) is 55.9 Å². The van der Waals surface area contributed by atoms with Gasteiger partial charge in [-0.2, -0.15) is 0 Å². The number of aromatic nitrogens is 8. The number of rotatable bonds is 6. The van der Waals surface area contributed by atoms with E-state index in [1.807, 2.05) is 135 Å². The van der Waals surface area contributed by atoms with Crippen LogP contribution in [0, 0.1) is 13.8 Å². The Bertz CT molecular complexity index is 2190. The Balaban J connectivity index is 0.000000130. The standard InChI is InChI=1S/C13H15N5OS.2C9H8N2S.C8H7N3S/c14-18-8-4-7-10(18)12(19)15-13-11(16-17-20-13)9-5-2-1-3-6-9;2*1-7-9(10-11-12-7)8-5-3-2-4-6-8;9-8-7(10-11-12-8)6-4-2-1-3-5-6/h1-3,5-6,10H,4,7-8,14H2,(H,15,19);2*2-6H,1H3;1-5H,9H2/t10-;;;/m0.../s1. The molecule has 0 bridgehead atoms. The van der Waals surface area contributed by atoms with Gasteiger partial charge in [0.15, 0.2) is 0 Å². The number of hydrazine groups is 1. The van der Waals surface area contributed by atoms with Crippen LogP contribution in [0.4, 0.5) is 10.0 Å². The van der Waals surface area contributed by atoms with E-state index in [2.05, 4.69) is 43.7 Å². The predicted octanol–water partition coefficient (Wildman–Crippen LogP) is 8.30. The van der Waals surface area contributed by atoms with E-state index < -0.39 is 0 Å². The molecule has 1 aliphatic heterocycles. The summed E-state index contributed by atoms with van der Waals surface area (Å²) in [5.74, 6) is 5.71. The van der Waals surface area contributed by atoms with Gasteiger partial charge in [0, 0.05) is 51.9 Å². The summed E-state index contributed by atoms with van der Waals surface area (Å²) in [4.78, 5) is 14.6. The van der Waals surface area contributed by atoms with Gasteiger partial charge in [-0.25, -0.2) is 5.01 Å². The summed E-state index contributed by atoms with van der Waals surface area (Å²) in [6.07, 6.45) is 1.73. The number of aryl methyl sites for hydroxylation is 2. The van der Waals surface area contributed by atoms with Gasteiger partial charge < -0.3 is 11.1 Å². The third-order valence-corrected chi connectivity index (χ3v) is 10.8. The molecule has 284 valence electrons. The molecular weight excluding hydrogens is 781 g/mol. The summed E-state index contributed by atoms with van der Waals surface area (Å²) in [5, 5.41) is 22.0. The summed E-state index contributed by atoms with van der Waals surface area (Å²) in [6, 6.07) is 39.4. The van der Waals surface area contributed by atoms with Gasteiger partial charge >= 0.3 is 0 Å². The first-order chi connectivity index (χ1) is 27.4. The molecule has 0 saturated carbocycles. The highest BCUT2D eigenvalue weighted by atomic mass is 32.1. The molecule has 0 spiro atoms. The summed E-state index contributed by atoms with van der Waals surface area (Å²) in [7, 11) is 0. The van der Waals surface area contributed by atoms with Gasteiger partial charge in [-0.05, 0) is 49.8 Å². The number of hydrogen-bond donors (Lipinski definition) is 3. The highest BCUT2D eigenvalue weighted by Gasteiger charge is 2.29. The first kappa shape index (κ1) is 40.0. The zero-order valence-corrected chi connectivity index (χ0v) is 33.7. The number of hydrogen-bond acceptors (Lipinski definition) is 16. The average Bonchev–Trinajstić information content (AvgIpc) is 4.11. The van der Waals surface area contributed by atoms with Crippen LogP contribution in [0.15, 0.2) is 121 Å². The Morgan fingerprint density at radius 3 is 1.38 bits per heavy atom. The molecular formula is C39H38N12OS4. The van der Waals surface area contributed by atoms with Crippen molar-refractivity contribution in [1.29, 1.82) is 0 Å². The number of carbonyl (C=O) groups excluding carboxylic acids is 1. The van der Waals surface area contributed by atoms with Crippen LogP contribution in [0.2, 0.25) is 0 Å². The Kier molecular flexibility index (Phi) is 14.5. The Morgan fingerprint density at radius 1 is 0.589 bits per heavy atom. The van der Waals surface area contributed by atoms with E-state index in [0.717, 1.165) is 58.7 Å². The predicted molar refractivity (Wildman–Crippen MR) is 228 cm³/mol. The zero-order valence-electron chi connectivity index (χ0n) is 30.5. The molecule has 4 aromatic heterocycles. The SMILES string of the molecule is Cc1snnc1-c1ccccc1.Cc1snnc1-c1ccccc1.NN1CCC[C@H]1C(=O)Nc1snnc1-c1ccccc1.Nc1snnc1-c1ccccc1. The number of nitrogen functional groups attached to an aromatic ring is 1. The quantitative estimate of drug-likeness (QED) is 0.136. The van der Waals surface area contributed by atoms with E-state index in [0.29, 0.717) is 15.7 Å². The van der Waals surface area contributed by atoms with Crippen LogP contribution in [0.1, 0.15) is 22.6 Å². The molecule has 13 nitrogen and oxygen atoms in total. The van der Waals surface area contributed by atoms with Crippen LogP contribution in [-0.2, 0) is 4.79 Å². The minimum atomic E-state index is -0.263. The minimum Gasteiger partial charge on any atom is -0.387 e. The summed E-state index contributed by atoms with van der Waals surface area (Å²) < 4.78 is 15.5. The lowest BCUT2D eigenvalue weighted by Crippen LogP contribution is -2.43. The smallest absolute Gasteiger partial charge is 0.243 e. The molecule has 1 atom stereocenters. The van der Waals surface area contributed by atoms with Crippen LogP contribution in [0.5, 0.6) is 0 Å². The maximum atomic E-state index is 12.2. The number of amides is 1. The monoisotopic (exact) mass is 818 g/mol. The molecule has 9 rings (SSSR count). The van der Waals surface area contributed by atoms with Gasteiger partial charge in [-0.3, -0.25) is 10.6 Å². The normalized spacial score (nSPS) is 13.3. The fourth-order valence-electron chi connectivity index (χ4n) is 5.50. The summed E-state index contributed by atoms with van der Waals surface area (Å²) in [6.45, 7) is 4.82. The molecule has 4 aromatic carbocycles. The van der Waals surface area contributed by atoms with Crippen LogP contribution in [0.3, 0.4) is 0 Å². The van der Waals surface area contributed by atoms with Gasteiger partial charge in [0.25, 0.3) is 0 Å². The molecule has 8 aromatic rings. The maximum Gasteiger partial charge on any atom is 0.243 e. The molecule has 0 aliphatic carbocycles. The van der Waals surface area contributed by atoms with Crippen molar-refractivity contribution in [2.24, 2.45) is 5.84 Å². The highest BCUT2D eigenvalue weighted by molar-refractivity contribution is 7.10. The molecule has 56 heavy (non-hydrogen) atoms. The van der Waals surface area contributed by atoms with Crippen LogP contribution in [-0.4, -0.2) is 61.9 Å². The van der Waals surface area contributed by atoms with Gasteiger partial charge in [0.05, 0.1) is 9.75 Å². The minimum absolute atomic E-state index is 0.0896. The van der Waals surface area contributed by atoms with E-state index >= 15 is 0 Å². The average molecular weight is 819 g/mol. The van der Waals surface area contributed by atoms with Crippen LogP contribution >= 0.6 is 46.1 Å². The molecule has 17 heteroatoms. The topological polar surface area (TPSA) is 188 Å². The molecule has 1 aliphatic rings. The van der Waals surface area contributed by atoms with Crippen molar-refractivity contribution in [2.75, 3.05) is 17.6 Å². The lowest BCUT2D eigenvalue weighted by atomic mass is 10.1. The number of anilines is 2. The second-order valence-corrected chi connectivity index (χ2v) is 15.6. The van der Waals surface area contributed by atoms with Crippen molar-refractivity contribution < 1.29 is 4.79 Å². The first-order valence-electron chi connectivity index (χ1n) is 17.4. The number of nitrogens with one attached hydrogen (secondary N) is 1. The van der Waals surface area contributed by atoms with E-state index in [9.17, 15) is 4.79 Å². The van der Waals surface area contributed by atoms with E-state index in [-0.39, 0.29) is 11.9 Å². The van der Waals surface area contributed by atoms with Crippen molar-refractivity contribution in [2.45, 2.75) is 32.7 Å². The third-order valence-electron chi connectivity index (χ3n) is 8.33. The number of carbonyl (C=O) groups is 1. The second-order valence-electron chi connectivity index (χ2n) is 12.1. The number of benzene rings is 4. The molecule has 5 heterocycles. The maximum absolute atomic E-state index is 12.2.